The number of benzene rings is 1. The smallest absolute Gasteiger partial charge is 0.0696 e. The van der Waals surface area contributed by atoms with Crippen molar-refractivity contribution >= 4 is 0 Å². The van der Waals surface area contributed by atoms with Crippen molar-refractivity contribution in [1.29, 1.82) is 0 Å². The highest BCUT2D eigenvalue weighted by Gasteiger charge is 2.32. The summed E-state index contributed by atoms with van der Waals surface area (Å²) < 4.78 is 0. The molecule has 0 saturated heterocycles. The summed E-state index contributed by atoms with van der Waals surface area (Å²) in [5.74, 6) is 0. The first kappa shape index (κ1) is 10.7. The van der Waals surface area contributed by atoms with Gasteiger partial charge in [0.2, 0.25) is 0 Å². The predicted molar refractivity (Wildman–Crippen MR) is 61.6 cm³/mol. The molecule has 0 amide bonds. The average molecular weight is 205 g/mol. The van der Waals surface area contributed by atoms with Gasteiger partial charge in [-0.1, -0.05) is 37.3 Å². The van der Waals surface area contributed by atoms with E-state index in [2.05, 4.69) is 36.1 Å². The van der Waals surface area contributed by atoms with Crippen LogP contribution in [0.2, 0.25) is 0 Å². The van der Waals surface area contributed by atoms with E-state index in [1.54, 1.807) is 0 Å². The fourth-order valence-electron chi connectivity index (χ4n) is 2.17. The van der Waals surface area contributed by atoms with Gasteiger partial charge in [-0.05, 0) is 24.9 Å². The largest absolute Gasteiger partial charge is 0.391 e. The molecule has 2 rings (SSSR count). The Labute approximate surface area is 91.5 Å². The quantitative estimate of drug-likeness (QED) is 0.813. The summed E-state index contributed by atoms with van der Waals surface area (Å²) in [4.78, 5) is 2.36. The molecule has 1 saturated carbocycles. The van der Waals surface area contributed by atoms with Gasteiger partial charge in [-0.3, -0.25) is 4.90 Å². The van der Waals surface area contributed by atoms with Gasteiger partial charge in [0.15, 0.2) is 0 Å². The van der Waals surface area contributed by atoms with Gasteiger partial charge < -0.3 is 5.11 Å². The Morgan fingerprint density at radius 3 is 2.47 bits per heavy atom. The maximum absolute atomic E-state index is 9.65. The molecule has 0 bridgehead atoms. The van der Waals surface area contributed by atoms with Crippen LogP contribution in [0.3, 0.4) is 0 Å². The van der Waals surface area contributed by atoms with Crippen molar-refractivity contribution in [2.75, 3.05) is 6.54 Å². The molecule has 0 radical (unpaired) electrons. The minimum absolute atomic E-state index is 0.103. The number of aliphatic hydroxyl groups is 1. The lowest BCUT2D eigenvalue weighted by Gasteiger charge is -2.41. The molecule has 0 heterocycles. The molecule has 15 heavy (non-hydrogen) atoms. The van der Waals surface area contributed by atoms with E-state index in [-0.39, 0.29) is 6.10 Å². The van der Waals surface area contributed by atoms with Crippen LogP contribution in [0.5, 0.6) is 0 Å². The summed E-state index contributed by atoms with van der Waals surface area (Å²) in [5.41, 5.74) is 1.33. The summed E-state index contributed by atoms with van der Waals surface area (Å²) in [7, 11) is 0. The molecule has 2 unspecified atom stereocenters. The highest BCUT2D eigenvalue weighted by atomic mass is 16.3. The van der Waals surface area contributed by atoms with Crippen LogP contribution in [0, 0.1) is 0 Å². The molecule has 1 aromatic rings. The van der Waals surface area contributed by atoms with Crippen LogP contribution in [-0.4, -0.2) is 28.7 Å². The Balaban J connectivity index is 1.96. The van der Waals surface area contributed by atoms with Gasteiger partial charge in [-0.2, -0.15) is 0 Å². The van der Waals surface area contributed by atoms with Crippen molar-refractivity contribution in [3.63, 3.8) is 0 Å². The number of aliphatic hydroxyl groups excluding tert-OH is 1. The standard InChI is InChI=1S/C13H19NO/c1-2-14(12-8-9-13(12)15)10-11-6-4-3-5-7-11/h3-7,12-13,15H,2,8-10H2,1H3. The minimum atomic E-state index is -0.103. The summed E-state index contributed by atoms with van der Waals surface area (Å²) in [6, 6.07) is 10.9. The van der Waals surface area contributed by atoms with Crippen LogP contribution in [0.15, 0.2) is 30.3 Å². The fraction of sp³-hybridized carbons (Fsp3) is 0.538. The molecule has 1 fully saturated rings. The Morgan fingerprint density at radius 1 is 1.27 bits per heavy atom. The van der Waals surface area contributed by atoms with Gasteiger partial charge in [0.1, 0.15) is 0 Å². The van der Waals surface area contributed by atoms with Gasteiger partial charge in [0.25, 0.3) is 0 Å². The van der Waals surface area contributed by atoms with Crippen LogP contribution < -0.4 is 0 Å². The molecule has 1 aromatic carbocycles. The highest BCUT2D eigenvalue weighted by molar-refractivity contribution is 5.14. The third kappa shape index (κ3) is 2.39. The monoisotopic (exact) mass is 205 g/mol. The molecule has 0 aromatic heterocycles. The summed E-state index contributed by atoms with van der Waals surface area (Å²) in [6.45, 7) is 4.13. The number of hydrogen-bond acceptors (Lipinski definition) is 2. The van der Waals surface area contributed by atoms with Gasteiger partial charge in [-0.15, -0.1) is 0 Å². The summed E-state index contributed by atoms with van der Waals surface area (Å²) in [6.07, 6.45) is 2.01. The van der Waals surface area contributed by atoms with Crippen LogP contribution in [0.25, 0.3) is 0 Å². The van der Waals surface area contributed by atoms with Crippen molar-refractivity contribution < 1.29 is 5.11 Å². The summed E-state index contributed by atoms with van der Waals surface area (Å²) in [5, 5.41) is 9.65. The molecule has 2 nitrogen and oxygen atoms in total. The molecule has 1 N–H and O–H groups in total. The van der Waals surface area contributed by atoms with E-state index >= 15 is 0 Å². The lowest BCUT2D eigenvalue weighted by Crippen LogP contribution is -2.50. The average Bonchev–Trinajstić information content (AvgIpc) is 2.27. The van der Waals surface area contributed by atoms with E-state index in [0.29, 0.717) is 6.04 Å². The van der Waals surface area contributed by atoms with Crippen molar-refractivity contribution in [3.8, 4) is 0 Å². The molecular formula is C13H19NO. The van der Waals surface area contributed by atoms with Crippen LogP contribution in [0.4, 0.5) is 0 Å². The fourth-order valence-corrected chi connectivity index (χ4v) is 2.17. The number of hydrogen-bond donors (Lipinski definition) is 1. The molecule has 0 aliphatic heterocycles. The van der Waals surface area contributed by atoms with E-state index in [1.165, 1.54) is 5.56 Å². The molecule has 2 atom stereocenters. The van der Waals surface area contributed by atoms with Gasteiger partial charge in [0.05, 0.1) is 6.10 Å². The van der Waals surface area contributed by atoms with E-state index in [0.717, 1.165) is 25.9 Å². The lowest BCUT2D eigenvalue weighted by atomic mass is 9.87. The molecule has 1 aliphatic rings. The molecule has 82 valence electrons. The third-order valence-corrected chi connectivity index (χ3v) is 3.31. The molecule has 2 heteroatoms. The minimum Gasteiger partial charge on any atom is -0.391 e. The molecule has 1 aliphatic carbocycles. The number of rotatable bonds is 4. The van der Waals surface area contributed by atoms with Crippen LogP contribution in [0.1, 0.15) is 25.3 Å². The normalized spacial score (nSPS) is 25.3. The second-order valence-corrected chi connectivity index (χ2v) is 4.26. The lowest BCUT2D eigenvalue weighted by molar-refractivity contribution is -0.0226. The van der Waals surface area contributed by atoms with E-state index in [9.17, 15) is 5.11 Å². The Morgan fingerprint density at radius 2 is 2.00 bits per heavy atom. The highest BCUT2D eigenvalue weighted by Crippen LogP contribution is 2.26. The zero-order chi connectivity index (χ0) is 10.7. The van der Waals surface area contributed by atoms with E-state index in [4.69, 9.17) is 0 Å². The summed E-state index contributed by atoms with van der Waals surface area (Å²) >= 11 is 0. The predicted octanol–water partition coefficient (Wildman–Crippen LogP) is 2.03. The first-order valence-electron chi connectivity index (χ1n) is 5.77. The second kappa shape index (κ2) is 4.77. The van der Waals surface area contributed by atoms with Crippen molar-refractivity contribution in [2.24, 2.45) is 0 Å². The SMILES string of the molecule is CCN(Cc1ccccc1)C1CCC1O. The second-order valence-electron chi connectivity index (χ2n) is 4.26. The Hall–Kier alpha value is -0.860. The van der Waals surface area contributed by atoms with Gasteiger partial charge in [0, 0.05) is 12.6 Å². The van der Waals surface area contributed by atoms with Crippen molar-refractivity contribution in [2.45, 2.75) is 38.5 Å². The van der Waals surface area contributed by atoms with Crippen molar-refractivity contribution in [1.82, 2.24) is 4.90 Å². The zero-order valence-electron chi connectivity index (χ0n) is 9.26. The van der Waals surface area contributed by atoms with Crippen LogP contribution in [-0.2, 0) is 6.54 Å². The first-order chi connectivity index (χ1) is 7.31. The van der Waals surface area contributed by atoms with E-state index in [1.807, 2.05) is 6.07 Å². The van der Waals surface area contributed by atoms with Gasteiger partial charge in [-0.25, -0.2) is 0 Å². The maximum Gasteiger partial charge on any atom is 0.0696 e. The third-order valence-electron chi connectivity index (χ3n) is 3.31. The molecule has 0 spiro atoms. The molecular weight excluding hydrogens is 186 g/mol. The zero-order valence-corrected chi connectivity index (χ0v) is 9.26. The Kier molecular flexibility index (Phi) is 3.39. The van der Waals surface area contributed by atoms with Gasteiger partial charge >= 0.3 is 0 Å². The topological polar surface area (TPSA) is 23.5 Å². The number of likely N-dealkylation sites (N-methyl/N-ethyl adjacent to an activating group) is 1. The number of nitrogens with zero attached hydrogens (tertiary/aromatic N) is 1. The van der Waals surface area contributed by atoms with E-state index < -0.39 is 0 Å². The first-order valence-corrected chi connectivity index (χ1v) is 5.77. The van der Waals surface area contributed by atoms with Crippen LogP contribution >= 0.6 is 0 Å². The Bertz CT molecular complexity index is 299. The van der Waals surface area contributed by atoms with Crippen molar-refractivity contribution in [3.05, 3.63) is 35.9 Å². The maximum atomic E-state index is 9.65.